The van der Waals surface area contributed by atoms with Crippen LogP contribution < -0.4 is 4.74 Å². The molecule has 0 radical (unpaired) electrons. The summed E-state index contributed by atoms with van der Waals surface area (Å²) >= 11 is 23.8. The van der Waals surface area contributed by atoms with E-state index in [-0.39, 0.29) is 38.7 Å². The van der Waals surface area contributed by atoms with Crippen molar-refractivity contribution in [2.24, 2.45) is 0 Å². The first-order valence-corrected chi connectivity index (χ1v) is 12.1. The van der Waals surface area contributed by atoms with Crippen molar-refractivity contribution in [1.82, 2.24) is 0 Å². The van der Waals surface area contributed by atoms with Crippen LogP contribution in [0, 0.1) is 0 Å². The van der Waals surface area contributed by atoms with E-state index in [4.69, 9.17) is 55.9 Å². The lowest BCUT2D eigenvalue weighted by molar-refractivity contribution is -0.147. The first-order chi connectivity index (χ1) is 14.4. The van der Waals surface area contributed by atoms with Gasteiger partial charge in [-0.2, -0.15) is 0 Å². The van der Waals surface area contributed by atoms with E-state index < -0.39 is 11.9 Å². The fourth-order valence-corrected chi connectivity index (χ4v) is 3.73. The minimum atomic E-state index is -0.673. The average Bonchev–Trinajstić information content (AvgIpc) is 2.72. The van der Waals surface area contributed by atoms with Gasteiger partial charge in [0.15, 0.2) is 5.75 Å². The number of hydrogen-bond donors (Lipinski definition) is 0. The van der Waals surface area contributed by atoms with Crippen molar-refractivity contribution in [3.63, 3.8) is 0 Å². The van der Waals surface area contributed by atoms with Crippen LogP contribution in [0.15, 0.2) is 6.07 Å². The second kappa shape index (κ2) is 16.0. The molecule has 1 rings (SSSR count). The predicted molar refractivity (Wildman–Crippen MR) is 124 cm³/mol. The zero-order valence-corrected chi connectivity index (χ0v) is 20.4. The van der Waals surface area contributed by atoms with Gasteiger partial charge in [-0.3, -0.25) is 9.59 Å². The molecule has 0 bridgehead atoms. The van der Waals surface area contributed by atoms with Gasteiger partial charge in [-0.25, -0.2) is 0 Å². The Morgan fingerprint density at radius 2 is 1.20 bits per heavy atom. The summed E-state index contributed by atoms with van der Waals surface area (Å²) in [7, 11) is 0. The second-order valence-electron chi connectivity index (χ2n) is 7.17. The first-order valence-electron chi connectivity index (χ1n) is 10.6. The molecule has 1 aromatic rings. The molecule has 0 aliphatic rings. The van der Waals surface area contributed by atoms with E-state index in [1.807, 2.05) is 0 Å². The SMILES string of the molecule is CCCCCCCCCCCCOC(=O)CCC(=O)Oc1c(Cl)c(Cl)cc(Cl)c1Cl. The van der Waals surface area contributed by atoms with Crippen molar-refractivity contribution in [2.75, 3.05) is 6.61 Å². The lowest BCUT2D eigenvalue weighted by Gasteiger charge is -2.10. The largest absolute Gasteiger partial charge is 0.466 e. The van der Waals surface area contributed by atoms with E-state index in [1.54, 1.807) is 0 Å². The fraction of sp³-hybridized carbons (Fsp3) is 0.636. The molecule has 1 aromatic carbocycles. The highest BCUT2D eigenvalue weighted by molar-refractivity contribution is 6.48. The highest BCUT2D eigenvalue weighted by Gasteiger charge is 2.19. The maximum atomic E-state index is 12.0. The van der Waals surface area contributed by atoms with E-state index in [0.29, 0.717) is 6.61 Å². The van der Waals surface area contributed by atoms with Crippen LogP contribution >= 0.6 is 46.4 Å². The zero-order valence-electron chi connectivity index (χ0n) is 17.4. The Balaban J connectivity index is 2.13. The summed E-state index contributed by atoms with van der Waals surface area (Å²) in [5, 5.41) is 0.209. The molecular formula is C22H30Cl4O4. The minimum Gasteiger partial charge on any atom is -0.466 e. The van der Waals surface area contributed by atoms with Gasteiger partial charge in [0.25, 0.3) is 0 Å². The van der Waals surface area contributed by atoms with Crippen molar-refractivity contribution in [1.29, 1.82) is 0 Å². The number of esters is 2. The van der Waals surface area contributed by atoms with Gasteiger partial charge in [-0.15, -0.1) is 0 Å². The minimum absolute atomic E-state index is 0.0112. The highest BCUT2D eigenvalue weighted by atomic mass is 35.5. The van der Waals surface area contributed by atoms with Crippen LogP contribution in [0.3, 0.4) is 0 Å². The van der Waals surface area contributed by atoms with Crippen molar-refractivity contribution >= 4 is 58.3 Å². The third-order valence-corrected chi connectivity index (χ3v) is 6.12. The summed E-state index contributed by atoms with van der Waals surface area (Å²) < 4.78 is 10.3. The number of hydrogen-bond acceptors (Lipinski definition) is 4. The maximum absolute atomic E-state index is 12.0. The number of halogens is 4. The van der Waals surface area contributed by atoms with Crippen molar-refractivity contribution in [3.8, 4) is 5.75 Å². The van der Waals surface area contributed by atoms with Crippen molar-refractivity contribution in [2.45, 2.75) is 84.0 Å². The standard InChI is InChI=1S/C22H30Cl4O4/c1-2-3-4-5-6-7-8-9-10-11-14-29-18(27)12-13-19(28)30-22-20(25)16(23)15-17(24)21(22)26/h15H,2-14H2,1H3. The molecule has 0 N–H and O–H groups in total. The predicted octanol–water partition coefficient (Wildman–Crippen LogP) is 8.45. The Labute approximate surface area is 199 Å². The Bertz CT molecular complexity index is 653. The van der Waals surface area contributed by atoms with E-state index in [0.717, 1.165) is 19.3 Å². The van der Waals surface area contributed by atoms with E-state index >= 15 is 0 Å². The van der Waals surface area contributed by atoms with Crippen LogP contribution in [0.25, 0.3) is 0 Å². The number of carbonyl (C=O) groups is 2. The van der Waals surface area contributed by atoms with E-state index in [9.17, 15) is 9.59 Å². The third-order valence-electron chi connectivity index (χ3n) is 4.58. The molecule has 0 fully saturated rings. The summed E-state index contributed by atoms with van der Waals surface area (Å²) in [5.41, 5.74) is 0. The number of carbonyl (C=O) groups excluding carboxylic acids is 2. The topological polar surface area (TPSA) is 52.6 Å². The Hall–Kier alpha value is -0.680. The Morgan fingerprint density at radius 1 is 0.733 bits per heavy atom. The summed E-state index contributed by atoms with van der Waals surface area (Å²) in [6.45, 7) is 2.59. The lowest BCUT2D eigenvalue weighted by atomic mass is 10.1. The van der Waals surface area contributed by atoms with Gasteiger partial charge < -0.3 is 9.47 Å². The normalized spacial score (nSPS) is 10.8. The van der Waals surface area contributed by atoms with Crippen LogP contribution in [0.5, 0.6) is 5.75 Å². The van der Waals surface area contributed by atoms with Gasteiger partial charge >= 0.3 is 11.9 Å². The number of ether oxygens (including phenoxy) is 2. The lowest BCUT2D eigenvalue weighted by Crippen LogP contribution is -2.13. The Morgan fingerprint density at radius 3 is 1.73 bits per heavy atom. The van der Waals surface area contributed by atoms with Gasteiger partial charge in [0, 0.05) is 0 Å². The van der Waals surface area contributed by atoms with Gasteiger partial charge in [-0.1, -0.05) is 111 Å². The molecule has 0 unspecified atom stereocenters. The molecule has 4 nitrogen and oxygen atoms in total. The van der Waals surface area contributed by atoms with Crippen LogP contribution in [-0.2, 0) is 14.3 Å². The Kier molecular flexibility index (Phi) is 14.6. The molecule has 30 heavy (non-hydrogen) atoms. The number of unbranched alkanes of at least 4 members (excludes halogenated alkanes) is 9. The smallest absolute Gasteiger partial charge is 0.311 e. The summed E-state index contributed by atoms with van der Waals surface area (Å²) in [4.78, 5) is 23.7. The van der Waals surface area contributed by atoms with Crippen molar-refractivity contribution in [3.05, 3.63) is 26.2 Å². The maximum Gasteiger partial charge on any atom is 0.311 e. The van der Waals surface area contributed by atoms with E-state index in [1.165, 1.54) is 51.0 Å². The molecule has 0 aliphatic heterocycles. The molecule has 0 aromatic heterocycles. The molecule has 0 amide bonds. The summed E-state index contributed by atoms with van der Waals surface area (Å²) in [6, 6.07) is 1.36. The fourth-order valence-electron chi connectivity index (χ4n) is 2.86. The zero-order chi connectivity index (χ0) is 22.4. The molecule has 0 spiro atoms. The van der Waals surface area contributed by atoms with Crippen LogP contribution in [0.2, 0.25) is 20.1 Å². The molecule has 0 heterocycles. The number of benzene rings is 1. The molecule has 0 aliphatic carbocycles. The van der Waals surface area contributed by atoms with Gasteiger partial charge in [-0.05, 0) is 12.5 Å². The van der Waals surface area contributed by atoms with Crippen molar-refractivity contribution < 1.29 is 19.1 Å². The van der Waals surface area contributed by atoms with Gasteiger partial charge in [0.05, 0.1) is 29.5 Å². The molecule has 0 saturated heterocycles. The number of rotatable bonds is 15. The molecule has 170 valence electrons. The third kappa shape index (κ3) is 11.1. The molecule has 0 saturated carbocycles. The quantitative estimate of drug-likeness (QED) is 0.105. The second-order valence-corrected chi connectivity index (χ2v) is 8.74. The highest BCUT2D eigenvalue weighted by Crippen LogP contribution is 2.42. The molecule has 0 atom stereocenters. The summed E-state index contributed by atoms with van der Waals surface area (Å²) in [6.07, 6.45) is 11.9. The van der Waals surface area contributed by atoms with Crippen LogP contribution in [-0.4, -0.2) is 18.5 Å². The summed E-state index contributed by atoms with van der Waals surface area (Å²) in [5.74, 6) is -1.23. The average molecular weight is 500 g/mol. The first kappa shape index (κ1) is 27.4. The molecular weight excluding hydrogens is 470 g/mol. The van der Waals surface area contributed by atoms with Gasteiger partial charge in [0.2, 0.25) is 0 Å². The van der Waals surface area contributed by atoms with Gasteiger partial charge in [0.1, 0.15) is 10.0 Å². The van der Waals surface area contributed by atoms with E-state index in [2.05, 4.69) is 6.92 Å². The van der Waals surface area contributed by atoms with Crippen LogP contribution in [0.1, 0.15) is 84.0 Å². The molecule has 8 heteroatoms. The monoisotopic (exact) mass is 498 g/mol. The van der Waals surface area contributed by atoms with Crippen LogP contribution in [0.4, 0.5) is 0 Å².